The average Bonchev–Trinajstić information content (AvgIpc) is 3.72. The predicted molar refractivity (Wildman–Crippen MR) is 208 cm³/mol. The van der Waals surface area contributed by atoms with E-state index in [-0.39, 0.29) is 29.7 Å². The van der Waals surface area contributed by atoms with Crippen molar-refractivity contribution in [2.24, 2.45) is 5.92 Å². The first kappa shape index (κ1) is 41.8. The number of aliphatic hydroxyl groups excluding tert-OH is 1. The summed E-state index contributed by atoms with van der Waals surface area (Å²) in [7, 11) is 0. The summed E-state index contributed by atoms with van der Waals surface area (Å²) in [6.07, 6.45) is 2.87. The molecule has 0 bridgehead atoms. The Morgan fingerprint density at radius 2 is 1.48 bits per heavy atom. The molecule has 5 rings (SSSR count). The quantitative estimate of drug-likeness (QED) is 0.0524. The maximum atomic E-state index is 13.7. The number of amides is 1. The third kappa shape index (κ3) is 11.8. The molecule has 0 saturated heterocycles. The van der Waals surface area contributed by atoms with Gasteiger partial charge in [-0.3, -0.25) is 9.59 Å². The van der Waals surface area contributed by atoms with Gasteiger partial charge in [0.15, 0.2) is 17.6 Å². The van der Waals surface area contributed by atoms with Gasteiger partial charge >= 0.3 is 12.1 Å². The van der Waals surface area contributed by atoms with E-state index >= 15 is 0 Å². The van der Waals surface area contributed by atoms with E-state index in [2.05, 4.69) is 22.2 Å². The van der Waals surface area contributed by atoms with E-state index in [9.17, 15) is 37.8 Å². The summed E-state index contributed by atoms with van der Waals surface area (Å²) < 4.78 is 45.4. The first-order valence-electron chi connectivity index (χ1n) is 18.5. The molecule has 56 heavy (non-hydrogen) atoms. The fourth-order valence-electron chi connectivity index (χ4n) is 6.12. The number of nitrogens with one attached hydrogen (secondary N) is 1. The van der Waals surface area contributed by atoms with Crippen molar-refractivity contribution >= 4 is 29.0 Å². The van der Waals surface area contributed by atoms with Gasteiger partial charge in [0, 0.05) is 35.9 Å². The number of nitrogens with zero attached hydrogens (tertiary/aromatic N) is 2. The van der Waals surface area contributed by atoms with Crippen LogP contribution in [0.1, 0.15) is 83.6 Å². The molecule has 0 aliphatic carbocycles. The lowest BCUT2D eigenvalue weighted by Gasteiger charge is -2.24. The molecular weight excluding hydrogens is 744 g/mol. The number of carboxylic acids is 1. The Labute approximate surface area is 327 Å². The number of aliphatic hydroxyl groups is 1. The number of halogens is 3. The van der Waals surface area contributed by atoms with E-state index in [0.29, 0.717) is 34.9 Å². The van der Waals surface area contributed by atoms with Crippen LogP contribution in [0.2, 0.25) is 0 Å². The molecule has 2 unspecified atom stereocenters. The smallest absolute Gasteiger partial charge is 0.425 e. The Kier molecular flexibility index (Phi) is 14.9. The minimum atomic E-state index is -4.59. The van der Waals surface area contributed by atoms with Crippen LogP contribution in [0, 0.1) is 5.92 Å². The zero-order valence-corrected chi connectivity index (χ0v) is 31.7. The number of benzene rings is 3. The van der Waals surface area contributed by atoms with Crippen molar-refractivity contribution in [3.8, 4) is 28.3 Å². The molecule has 2 heterocycles. The van der Waals surface area contributed by atoms with Gasteiger partial charge in [-0.15, -0.1) is 11.3 Å². The minimum absolute atomic E-state index is 0.0732. The Balaban J connectivity index is 1.26. The molecule has 0 spiro atoms. The van der Waals surface area contributed by atoms with Crippen LogP contribution in [0.25, 0.3) is 22.5 Å². The summed E-state index contributed by atoms with van der Waals surface area (Å²) >= 11 is 0.330. The Hall–Kier alpha value is -5.40. The second-order valence-electron chi connectivity index (χ2n) is 13.5. The molecule has 294 valence electrons. The summed E-state index contributed by atoms with van der Waals surface area (Å²) in [5.41, 5.74) is 3.42. The molecule has 3 N–H and O–H groups in total. The number of alkyl halides is 3. The van der Waals surface area contributed by atoms with Crippen LogP contribution >= 0.6 is 11.3 Å². The van der Waals surface area contributed by atoms with Crippen molar-refractivity contribution < 1.29 is 42.5 Å². The molecule has 3 aromatic carbocycles. The van der Waals surface area contributed by atoms with Crippen LogP contribution in [-0.4, -0.2) is 50.5 Å². The zero-order chi connectivity index (χ0) is 40.1. The molecule has 9 nitrogen and oxygen atoms in total. The van der Waals surface area contributed by atoms with Crippen molar-refractivity contribution in [2.75, 3.05) is 6.61 Å². The lowest BCUT2D eigenvalue weighted by molar-refractivity contribution is -0.146. The second kappa shape index (κ2) is 20.0. The van der Waals surface area contributed by atoms with Gasteiger partial charge in [0.25, 0.3) is 0 Å². The van der Waals surface area contributed by atoms with Gasteiger partial charge in [-0.05, 0) is 60.2 Å². The summed E-state index contributed by atoms with van der Waals surface area (Å²) in [4.78, 5) is 46.9. The minimum Gasteiger partial charge on any atom is -0.494 e. The van der Waals surface area contributed by atoms with Crippen molar-refractivity contribution in [1.82, 2.24) is 15.3 Å². The van der Waals surface area contributed by atoms with Crippen molar-refractivity contribution in [2.45, 2.75) is 76.6 Å². The van der Waals surface area contributed by atoms with Gasteiger partial charge in [-0.25, -0.2) is 14.8 Å². The highest BCUT2D eigenvalue weighted by atomic mass is 32.1. The number of thiophene rings is 1. The average molecular weight is 788 g/mol. The molecule has 2 aromatic heterocycles. The van der Waals surface area contributed by atoms with Crippen LogP contribution in [0.5, 0.6) is 5.75 Å². The fraction of sp³-hybridized carbons (Fsp3) is 0.326. The van der Waals surface area contributed by atoms with E-state index in [1.54, 1.807) is 54.9 Å². The van der Waals surface area contributed by atoms with Crippen molar-refractivity contribution in [3.63, 3.8) is 0 Å². The lowest BCUT2D eigenvalue weighted by atomic mass is 9.91. The highest BCUT2D eigenvalue weighted by Gasteiger charge is 2.34. The van der Waals surface area contributed by atoms with Crippen LogP contribution in [0.4, 0.5) is 13.2 Å². The van der Waals surface area contributed by atoms with Crippen molar-refractivity contribution in [1.29, 1.82) is 0 Å². The molecule has 0 aliphatic rings. The molecular formula is C43H44F3N3O6S. The number of unbranched alkanes of at least 4 members (excludes halogenated alkanes) is 4. The normalized spacial score (nSPS) is 13.1. The van der Waals surface area contributed by atoms with Crippen LogP contribution in [0.3, 0.4) is 0 Å². The summed E-state index contributed by atoms with van der Waals surface area (Å²) in [6, 6.07) is 23.1. The fourth-order valence-corrected chi connectivity index (χ4v) is 6.96. The van der Waals surface area contributed by atoms with E-state index in [1.807, 2.05) is 24.3 Å². The number of aromatic nitrogens is 2. The van der Waals surface area contributed by atoms with E-state index in [0.717, 1.165) is 41.9 Å². The van der Waals surface area contributed by atoms with Gasteiger partial charge in [0.05, 0.1) is 11.5 Å². The van der Waals surface area contributed by atoms with Gasteiger partial charge in [-0.1, -0.05) is 99.3 Å². The summed E-state index contributed by atoms with van der Waals surface area (Å²) in [5, 5.41) is 23.2. The van der Waals surface area contributed by atoms with Crippen LogP contribution in [0.15, 0.2) is 103 Å². The van der Waals surface area contributed by atoms with Gasteiger partial charge < -0.3 is 20.3 Å². The number of aliphatic carboxylic acids is 1. The Morgan fingerprint density at radius 3 is 2.11 bits per heavy atom. The first-order valence-corrected chi connectivity index (χ1v) is 19.4. The van der Waals surface area contributed by atoms with Gasteiger partial charge in [0.2, 0.25) is 5.91 Å². The third-order valence-electron chi connectivity index (χ3n) is 9.32. The number of hydrogen-bond donors (Lipinski definition) is 3. The number of carbonyl (C=O) groups excluding carboxylic acids is 2. The maximum absolute atomic E-state index is 13.7. The zero-order valence-electron chi connectivity index (χ0n) is 30.9. The van der Waals surface area contributed by atoms with Crippen LogP contribution in [-0.2, 0) is 22.2 Å². The molecule has 0 fully saturated rings. The third-order valence-corrected chi connectivity index (χ3v) is 10.5. The number of carbonyl (C=O) groups is 3. The summed E-state index contributed by atoms with van der Waals surface area (Å²) in [6.45, 7) is 2.87. The second-order valence-corrected chi connectivity index (χ2v) is 14.6. The molecule has 0 aliphatic heterocycles. The number of Topliss-reactive ketones (excluding diaryl/α,β-unsaturated/α-hetero) is 1. The Morgan fingerprint density at radius 1 is 0.821 bits per heavy atom. The molecule has 0 saturated carbocycles. The largest absolute Gasteiger partial charge is 0.494 e. The number of rotatable bonds is 20. The van der Waals surface area contributed by atoms with Crippen LogP contribution < -0.4 is 10.1 Å². The Bertz CT molecular complexity index is 2020. The molecule has 1 amide bonds. The van der Waals surface area contributed by atoms with Gasteiger partial charge in [0.1, 0.15) is 16.7 Å². The topological polar surface area (TPSA) is 139 Å². The number of hydrogen-bond acceptors (Lipinski definition) is 8. The predicted octanol–water partition coefficient (Wildman–Crippen LogP) is 9.36. The maximum Gasteiger partial charge on any atom is 0.425 e. The van der Waals surface area contributed by atoms with E-state index in [1.165, 1.54) is 31.4 Å². The van der Waals surface area contributed by atoms with Crippen molar-refractivity contribution in [3.05, 3.63) is 124 Å². The monoisotopic (exact) mass is 787 g/mol. The summed E-state index contributed by atoms with van der Waals surface area (Å²) in [5.74, 6) is -2.45. The highest BCUT2D eigenvalue weighted by Crippen LogP contribution is 2.35. The number of ether oxygens (including phenoxy) is 1. The standard InChI is InChI=1S/C43H44F3N3O6S/c1-2-3-4-5-9-24-55-34-19-16-29(17-20-34)33-26-47-40(48-27-33)31-14-12-28(13-15-31)25-32(18-21-35(50)36-22-23-37(56-36)43(44,45)46)41(52)49-38(42(53)54)39(51)30-10-7-6-8-11-30/h6-8,10-17,19-20,22-23,26-27,32,38-39,51H,2-5,9,18,21,24-25H2,1H3,(H,49,52)(H,53,54)/t32-,38?,39?/m0/s1. The lowest BCUT2D eigenvalue weighted by Crippen LogP contribution is -2.47. The number of carboxylic acid groups (broad SMARTS) is 1. The van der Waals surface area contributed by atoms with Gasteiger partial charge in [-0.2, -0.15) is 13.2 Å². The number of ketones is 1. The SMILES string of the molecule is CCCCCCCOc1ccc(-c2cnc(-c3ccc(C[C@H](CCC(=O)c4ccc(C(F)(F)F)s4)C(=O)NC(C(=O)O)C(O)c4ccccc4)cc3)nc2)cc1. The molecule has 13 heteroatoms. The molecule has 5 aromatic rings. The first-order chi connectivity index (χ1) is 26.9. The molecule has 3 atom stereocenters. The highest BCUT2D eigenvalue weighted by molar-refractivity contribution is 7.14. The van der Waals surface area contributed by atoms with E-state index < -0.39 is 46.8 Å². The molecule has 0 radical (unpaired) electrons. The van der Waals surface area contributed by atoms with E-state index in [4.69, 9.17) is 4.74 Å².